The Morgan fingerprint density at radius 2 is 1.78 bits per heavy atom. The zero-order valence-corrected chi connectivity index (χ0v) is 22.7. The molecular formula is C25H29Cl2N3O5S. The van der Waals surface area contributed by atoms with E-state index >= 15 is 0 Å². The van der Waals surface area contributed by atoms with Crippen LogP contribution in [-0.4, -0.2) is 54.5 Å². The Hall–Kier alpha value is -2.62. The minimum atomic E-state index is -4.04. The Morgan fingerprint density at radius 3 is 2.39 bits per heavy atom. The summed E-state index contributed by atoms with van der Waals surface area (Å²) in [4.78, 5) is 40.5. The maximum Gasteiger partial charge on any atom is 0.269 e. The first-order valence-corrected chi connectivity index (χ1v) is 13.8. The van der Waals surface area contributed by atoms with E-state index in [2.05, 4.69) is 5.32 Å². The van der Waals surface area contributed by atoms with E-state index in [0.717, 1.165) is 0 Å². The van der Waals surface area contributed by atoms with Crippen LogP contribution in [-0.2, 0) is 26.2 Å². The van der Waals surface area contributed by atoms with E-state index in [-0.39, 0.29) is 41.8 Å². The Labute approximate surface area is 221 Å². The lowest BCUT2D eigenvalue weighted by molar-refractivity contribution is -0.141. The number of rotatable bonds is 10. The van der Waals surface area contributed by atoms with Gasteiger partial charge in [0.25, 0.3) is 15.9 Å². The fourth-order valence-corrected chi connectivity index (χ4v) is 5.86. The molecule has 0 spiro atoms. The number of nitrogens with zero attached hydrogens (tertiary/aromatic N) is 2. The van der Waals surface area contributed by atoms with Gasteiger partial charge in [-0.3, -0.25) is 14.4 Å². The van der Waals surface area contributed by atoms with E-state index in [1.54, 1.807) is 37.3 Å². The van der Waals surface area contributed by atoms with Crippen LogP contribution in [0.4, 0.5) is 0 Å². The summed E-state index contributed by atoms with van der Waals surface area (Å²) in [6.07, 6.45) is 0.0532. The summed E-state index contributed by atoms with van der Waals surface area (Å²) in [7, 11) is -4.04. The fourth-order valence-electron chi connectivity index (χ4n) is 3.97. The van der Waals surface area contributed by atoms with Crippen molar-refractivity contribution in [1.82, 2.24) is 14.5 Å². The third-order valence-corrected chi connectivity index (χ3v) is 8.43. The van der Waals surface area contributed by atoms with Crippen molar-refractivity contribution in [2.45, 2.75) is 51.1 Å². The largest absolute Gasteiger partial charge is 0.354 e. The third kappa shape index (κ3) is 6.02. The molecule has 0 fully saturated rings. The van der Waals surface area contributed by atoms with Gasteiger partial charge in [-0.1, -0.05) is 62.2 Å². The summed E-state index contributed by atoms with van der Waals surface area (Å²) < 4.78 is 26.5. The normalized spacial score (nSPS) is 15.1. The maximum absolute atomic E-state index is 13.4. The molecule has 1 aliphatic rings. The van der Waals surface area contributed by atoms with Crippen molar-refractivity contribution in [3.05, 3.63) is 63.6 Å². The molecule has 1 aliphatic heterocycles. The second-order valence-corrected chi connectivity index (χ2v) is 11.6. The highest BCUT2D eigenvalue weighted by atomic mass is 35.5. The van der Waals surface area contributed by atoms with Crippen LogP contribution in [0.25, 0.3) is 0 Å². The van der Waals surface area contributed by atoms with Crippen LogP contribution in [0, 0.1) is 5.92 Å². The lowest BCUT2D eigenvalue weighted by atomic mass is 10.1. The second kappa shape index (κ2) is 11.6. The summed E-state index contributed by atoms with van der Waals surface area (Å²) in [5.41, 5.74) is 0.738. The Bertz CT molecular complexity index is 1270. The van der Waals surface area contributed by atoms with Crippen molar-refractivity contribution in [3.8, 4) is 0 Å². The van der Waals surface area contributed by atoms with Crippen LogP contribution >= 0.6 is 23.2 Å². The molecule has 0 saturated carbocycles. The van der Waals surface area contributed by atoms with Gasteiger partial charge in [-0.2, -0.15) is 0 Å². The number of fused-ring (bicyclic) bond motifs is 1. The van der Waals surface area contributed by atoms with Gasteiger partial charge in [0.1, 0.15) is 10.9 Å². The summed E-state index contributed by atoms with van der Waals surface area (Å²) in [6.45, 7) is 5.89. The number of hydrogen-bond acceptors (Lipinski definition) is 5. The molecule has 1 N–H and O–H groups in total. The predicted molar refractivity (Wildman–Crippen MR) is 138 cm³/mol. The van der Waals surface area contributed by atoms with Gasteiger partial charge in [0.05, 0.1) is 15.6 Å². The molecule has 3 amide bonds. The standard InChI is InChI=1S/C25H29Cl2N3O5S/c1-4-21(24(32)28-14-16(2)3)29(15-17-9-10-19(26)20(27)13-17)23(31)11-12-30-25(33)18-7-5-6-8-22(18)36(30,34)35/h5-10,13,16,21H,4,11-12,14-15H2,1-3H3,(H,28,32)/t21-/m1/s1. The first kappa shape index (κ1) is 28.0. The van der Waals surface area contributed by atoms with E-state index in [0.29, 0.717) is 32.9 Å². The Morgan fingerprint density at radius 1 is 1.08 bits per heavy atom. The molecule has 2 aromatic carbocycles. The topological polar surface area (TPSA) is 104 Å². The van der Waals surface area contributed by atoms with E-state index in [1.807, 2.05) is 13.8 Å². The average molecular weight is 554 g/mol. The Kier molecular flexibility index (Phi) is 9.03. The van der Waals surface area contributed by atoms with Crippen molar-refractivity contribution < 1.29 is 22.8 Å². The quantitative estimate of drug-likeness (QED) is 0.476. The molecular weight excluding hydrogens is 525 g/mol. The van der Waals surface area contributed by atoms with Crippen molar-refractivity contribution in [3.63, 3.8) is 0 Å². The molecule has 11 heteroatoms. The SMILES string of the molecule is CC[C@H](C(=O)NCC(C)C)N(Cc1ccc(Cl)c(Cl)c1)C(=O)CCN1C(=O)c2ccccc2S1(=O)=O. The lowest BCUT2D eigenvalue weighted by Crippen LogP contribution is -2.50. The molecule has 36 heavy (non-hydrogen) atoms. The van der Waals surface area contributed by atoms with Crippen LogP contribution < -0.4 is 5.32 Å². The number of hydrogen-bond donors (Lipinski definition) is 1. The van der Waals surface area contributed by atoms with E-state index in [4.69, 9.17) is 23.2 Å². The summed E-state index contributed by atoms with van der Waals surface area (Å²) in [6, 6.07) is 10.1. The molecule has 0 unspecified atom stereocenters. The molecule has 1 heterocycles. The van der Waals surface area contributed by atoms with Gasteiger partial charge in [0.2, 0.25) is 11.8 Å². The fraction of sp³-hybridized carbons (Fsp3) is 0.400. The number of carbonyl (C=O) groups excluding carboxylic acids is 3. The molecule has 1 atom stereocenters. The summed E-state index contributed by atoms with van der Waals surface area (Å²) in [5.74, 6) is -1.22. The highest BCUT2D eigenvalue weighted by Gasteiger charge is 2.41. The molecule has 194 valence electrons. The molecule has 0 aliphatic carbocycles. The molecule has 2 aromatic rings. The number of benzene rings is 2. The van der Waals surface area contributed by atoms with E-state index in [1.165, 1.54) is 17.0 Å². The lowest BCUT2D eigenvalue weighted by Gasteiger charge is -2.31. The maximum atomic E-state index is 13.4. The number of carbonyl (C=O) groups is 3. The van der Waals surface area contributed by atoms with Crippen LogP contribution in [0.1, 0.15) is 49.5 Å². The number of nitrogens with one attached hydrogen (secondary N) is 1. The summed E-state index contributed by atoms with van der Waals surface area (Å²) in [5, 5.41) is 3.53. The van der Waals surface area contributed by atoms with Crippen LogP contribution in [0.5, 0.6) is 0 Å². The van der Waals surface area contributed by atoms with Crippen LogP contribution in [0.15, 0.2) is 47.4 Å². The number of sulfonamides is 1. The molecule has 3 rings (SSSR count). The minimum absolute atomic E-state index is 0.0598. The van der Waals surface area contributed by atoms with Gasteiger partial charge in [0, 0.05) is 26.1 Å². The van der Waals surface area contributed by atoms with E-state index < -0.39 is 27.9 Å². The van der Waals surface area contributed by atoms with Crippen LogP contribution in [0.3, 0.4) is 0 Å². The molecule has 8 nitrogen and oxygen atoms in total. The molecule has 0 radical (unpaired) electrons. The van der Waals surface area contributed by atoms with Crippen molar-refractivity contribution in [2.75, 3.05) is 13.1 Å². The predicted octanol–water partition coefficient (Wildman–Crippen LogP) is 4.11. The van der Waals surface area contributed by atoms with Crippen molar-refractivity contribution >= 4 is 50.9 Å². The monoisotopic (exact) mass is 553 g/mol. The minimum Gasteiger partial charge on any atom is -0.354 e. The first-order chi connectivity index (χ1) is 17.0. The average Bonchev–Trinajstić information content (AvgIpc) is 3.03. The zero-order valence-electron chi connectivity index (χ0n) is 20.3. The number of amides is 3. The van der Waals surface area contributed by atoms with E-state index in [9.17, 15) is 22.8 Å². The van der Waals surface area contributed by atoms with Crippen molar-refractivity contribution in [2.24, 2.45) is 5.92 Å². The molecule has 0 aromatic heterocycles. The van der Waals surface area contributed by atoms with Gasteiger partial charge in [-0.25, -0.2) is 12.7 Å². The number of halogens is 2. The van der Waals surface area contributed by atoms with Crippen LogP contribution in [0.2, 0.25) is 10.0 Å². The summed E-state index contributed by atoms with van der Waals surface area (Å²) >= 11 is 12.2. The third-order valence-electron chi connectivity index (χ3n) is 5.85. The van der Waals surface area contributed by atoms with Gasteiger partial charge in [-0.05, 0) is 42.2 Å². The molecule has 0 saturated heterocycles. The second-order valence-electron chi connectivity index (χ2n) is 8.96. The van der Waals surface area contributed by atoms with Gasteiger partial charge in [-0.15, -0.1) is 0 Å². The smallest absolute Gasteiger partial charge is 0.269 e. The zero-order chi connectivity index (χ0) is 26.6. The van der Waals surface area contributed by atoms with Gasteiger partial charge < -0.3 is 10.2 Å². The highest BCUT2D eigenvalue weighted by molar-refractivity contribution is 7.90. The Balaban J connectivity index is 1.84. The highest BCUT2D eigenvalue weighted by Crippen LogP contribution is 2.30. The molecule has 0 bridgehead atoms. The van der Waals surface area contributed by atoms with Crippen molar-refractivity contribution in [1.29, 1.82) is 0 Å². The van der Waals surface area contributed by atoms with Gasteiger partial charge in [0.15, 0.2) is 0 Å². The first-order valence-electron chi connectivity index (χ1n) is 11.6. The van der Waals surface area contributed by atoms with Gasteiger partial charge >= 0.3 is 0 Å².